The third-order valence-electron chi connectivity index (χ3n) is 4.27. The van der Waals surface area contributed by atoms with Gasteiger partial charge in [0.05, 0.1) is 0 Å². The minimum absolute atomic E-state index is 0.458. The molecule has 0 spiro atoms. The number of aryl methyl sites for hydroxylation is 2. The Hall–Kier alpha value is -2.75. The summed E-state index contributed by atoms with van der Waals surface area (Å²) in [6.45, 7) is 4.94. The third kappa shape index (κ3) is 3.59. The summed E-state index contributed by atoms with van der Waals surface area (Å²) in [6, 6.07) is 14.6. The zero-order chi connectivity index (χ0) is 16.9. The number of aromatic amines is 1. The molecule has 24 heavy (non-hydrogen) atoms. The fraction of sp³-hybridized carbons (Fsp3) is 0.250. The fourth-order valence-electron chi connectivity index (χ4n) is 3.00. The van der Waals surface area contributed by atoms with Gasteiger partial charge in [-0.25, -0.2) is 0 Å². The molecule has 0 amide bonds. The first-order chi connectivity index (χ1) is 11.7. The third-order valence-corrected chi connectivity index (χ3v) is 4.27. The van der Waals surface area contributed by atoms with Crippen molar-refractivity contribution in [2.24, 2.45) is 10.7 Å². The second kappa shape index (κ2) is 7.21. The molecule has 0 radical (unpaired) electrons. The number of rotatable bonds is 5. The van der Waals surface area contributed by atoms with Crippen molar-refractivity contribution >= 4 is 22.5 Å². The average Bonchev–Trinajstić information content (AvgIpc) is 2.99. The summed E-state index contributed by atoms with van der Waals surface area (Å²) < 4.78 is 0. The van der Waals surface area contributed by atoms with E-state index in [4.69, 9.17) is 5.73 Å². The van der Waals surface area contributed by atoms with Gasteiger partial charge in [0.2, 0.25) is 0 Å². The van der Waals surface area contributed by atoms with Crippen LogP contribution in [0.2, 0.25) is 0 Å². The number of aliphatic imine (C=N–C) groups is 1. The summed E-state index contributed by atoms with van der Waals surface area (Å²) in [5.41, 5.74) is 12.0. The maximum absolute atomic E-state index is 6.01. The maximum Gasteiger partial charge on any atom is 0.193 e. The van der Waals surface area contributed by atoms with Gasteiger partial charge in [0, 0.05) is 29.3 Å². The largest absolute Gasteiger partial charge is 0.370 e. The Morgan fingerprint density at radius 1 is 1.21 bits per heavy atom. The van der Waals surface area contributed by atoms with Crippen LogP contribution in [-0.2, 0) is 12.8 Å². The lowest BCUT2D eigenvalue weighted by atomic mass is 10.1. The lowest BCUT2D eigenvalue weighted by Gasteiger charge is -2.07. The molecule has 0 saturated heterocycles. The molecule has 0 aliphatic rings. The highest BCUT2D eigenvalue weighted by Gasteiger charge is 2.05. The molecule has 1 heterocycles. The fourth-order valence-corrected chi connectivity index (χ4v) is 3.00. The molecule has 124 valence electrons. The molecule has 4 heteroatoms. The molecule has 0 fully saturated rings. The van der Waals surface area contributed by atoms with E-state index in [0.717, 1.165) is 18.5 Å². The van der Waals surface area contributed by atoms with Gasteiger partial charge in [-0.05, 0) is 54.7 Å². The van der Waals surface area contributed by atoms with Crippen LogP contribution in [0, 0.1) is 6.92 Å². The van der Waals surface area contributed by atoms with Crippen LogP contribution < -0.4 is 11.1 Å². The van der Waals surface area contributed by atoms with Crippen LogP contribution in [0.5, 0.6) is 0 Å². The van der Waals surface area contributed by atoms with Crippen LogP contribution >= 0.6 is 0 Å². The van der Waals surface area contributed by atoms with E-state index < -0.39 is 0 Å². The molecule has 3 aromatic rings. The maximum atomic E-state index is 6.01. The Labute approximate surface area is 142 Å². The summed E-state index contributed by atoms with van der Waals surface area (Å²) in [4.78, 5) is 7.78. The van der Waals surface area contributed by atoms with Crippen molar-refractivity contribution in [1.29, 1.82) is 0 Å². The molecule has 0 unspecified atom stereocenters. The summed E-state index contributed by atoms with van der Waals surface area (Å²) in [7, 11) is 0. The van der Waals surface area contributed by atoms with Gasteiger partial charge in [-0.15, -0.1) is 0 Å². The van der Waals surface area contributed by atoms with E-state index in [2.05, 4.69) is 65.7 Å². The summed E-state index contributed by atoms with van der Waals surface area (Å²) >= 11 is 0. The highest BCUT2D eigenvalue weighted by molar-refractivity contribution is 5.92. The number of nitrogens with one attached hydrogen (secondary N) is 2. The Balaban J connectivity index is 1.64. The molecule has 0 aliphatic heterocycles. The van der Waals surface area contributed by atoms with Crippen molar-refractivity contribution < 1.29 is 0 Å². The Bertz CT molecular complexity index is 861. The van der Waals surface area contributed by atoms with Crippen molar-refractivity contribution in [3.05, 3.63) is 65.4 Å². The van der Waals surface area contributed by atoms with Crippen LogP contribution in [0.4, 0.5) is 5.69 Å². The molecule has 0 saturated carbocycles. The molecule has 4 nitrogen and oxygen atoms in total. The molecule has 2 aromatic carbocycles. The number of H-pyrrole nitrogens is 1. The SMILES string of the molecule is CCc1cccc(NC(N)=NCCc2c[nH]c3cccc(C)c23)c1. The van der Waals surface area contributed by atoms with Gasteiger partial charge in [-0.3, -0.25) is 4.99 Å². The van der Waals surface area contributed by atoms with Crippen LogP contribution in [0.3, 0.4) is 0 Å². The predicted molar refractivity (Wildman–Crippen MR) is 103 cm³/mol. The van der Waals surface area contributed by atoms with Crippen molar-refractivity contribution in [3.63, 3.8) is 0 Å². The normalized spacial score (nSPS) is 11.8. The summed E-state index contributed by atoms with van der Waals surface area (Å²) in [5, 5.41) is 4.47. The molecular formula is C20H24N4. The van der Waals surface area contributed by atoms with E-state index in [1.807, 2.05) is 12.1 Å². The van der Waals surface area contributed by atoms with Crippen molar-refractivity contribution in [1.82, 2.24) is 4.98 Å². The van der Waals surface area contributed by atoms with E-state index in [1.165, 1.54) is 27.6 Å². The number of guanidine groups is 1. The van der Waals surface area contributed by atoms with Gasteiger partial charge in [0.1, 0.15) is 0 Å². The number of fused-ring (bicyclic) bond motifs is 1. The zero-order valence-electron chi connectivity index (χ0n) is 14.3. The van der Waals surface area contributed by atoms with Gasteiger partial charge < -0.3 is 16.0 Å². The number of nitrogens with two attached hydrogens (primary N) is 1. The minimum atomic E-state index is 0.458. The first-order valence-electron chi connectivity index (χ1n) is 8.39. The Morgan fingerprint density at radius 3 is 2.88 bits per heavy atom. The van der Waals surface area contributed by atoms with Crippen LogP contribution in [0.15, 0.2) is 53.7 Å². The quantitative estimate of drug-likeness (QED) is 0.491. The predicted octanol–water partition coefficient (Wildman–Crippen LogP) is 4.01. The monoisotopic (exact) mass is 320 g/mol. The minimum Gasteiger partial charge on any atom is -0.370 e. The van der Waals surface area contributed by atoms with Crippen molar-refractivity contribution in [2.45, 2.75) is 26.7 Å². The zero-order valence-corrected chi connectivity index (χ0v) is 14.3. The first kappa shape index (κ1) is 16.1. The van der Waals surface area contributed by atoms with Crippen molar-refractivity contribution in [3.8, 4) is 0 Å². The van der Waals surface area contributed by atoms with Gasteiger partial charge in [-0.1, -0.05) is 31.2 Å². The van der Waals surface area contributed by atoms with E-state index in [-0.39, 0.29) is 0 Å². The molecular weight excluding hydrogens is 296 g/mol. The highest BCUT2D eigenvalue weighted by atomic mass is 15.1. The first-order valence-corrected chi connectivity index (χ1v) is 8.39. The molecule has 0 aliphatic carbocycles. The second-order valence-electron chi connectivity index (χ2n) is 6.01. The summed E-state index contributed by atoms with van der Waals surface area (Å²) in [5.74, 6) is 0.458. The molecule has 4 N–H and O–H groups in total. The van der Waals surface area contributed by atoms with Crippen molar-refractivity contribution in [2.75, 3.05) is 11.9 Å². The van der Waals surface area contributed by atoms with Crippen LogP contribution in [0.25, 0.3) is 10.9 Å². The Kier molecular flexibility index (Phi) is 4.85. The van der Waals surface area contributed by atoms with E-state index in [1.54, 1.807) is 0 Å². The lowest BCUT2D eigenvalue weighted by Crippen LogP contribution is -2.23. The Morgan fingerprint density at radius 2 is 2.04 bits per heavy atom. The van der Waals surface area contributed by atoms with Gasteiger partial charge in [-0.2, -0.15) is 0 Å². The number of nitrogens with zero attached hydrogens (tertiary/aromatic N) is 1. The van der Waals surface area contributed by atoms with Gasteiger partial charge >= 0.3 is 0 Å². The number of hydrogen-bond acceptors (Lipinski definition) is 1. The number of anilines is 1. The second-order valence-corrected chi connectivity index (χ2v) is 6.01. The van der Waals surface area contributed by atoms with Crippen LogP contribution in [0.1, 0.15) is 23.6 Å². The standard InChI is InChI=1S/C20H24N4/c1-3-15-7-5-8-17(12-15)24-20(21)22-11-10-16-13-23-18-9-4-6-14(2)19(16)18/h4-9,12-13,23H,3,10-11H2,1-2H3,(H3,21,22,24). The number of aromatic nitrogens is 1. The lowest BCUT2D eigenvalue weighted by molar-refractivity contribution is 0.971. The van der Waals surface area contributed by atoms with Gasteiger partial charge in [0.25, 0.3) is 0 Å². The molecule has 3 rings (SSSR count). The summed E-state index contributed by atoms with van der Waals surface area (Å²) in [6.07, 6.45) is 3.94. The van der Waals surface area contributed by atoms with E-state index >= 15 is 0 Å². The molecule has 1 aromatic heterocycles. The van der Waals surface area contributed by atoms with Gasteiger partial charge in [0.15, 0.2) is 5.96 Å². The number of hydrogen-bond donors (Lipinski definition) is 3. The topological polar surface area (TPSA) is 66.2 Å². The molecule has 0 atom stereocenters. The molecule has 0 bridgehead atoms. The van der Waals surface area contributed by atoms with Crippen LogP contribution in [-0.4, -0.2) is 17.5 Å². The van der Waals surface area contributed by atoms with E-state index in [9.17, 15) is 0 Å². The van der Waals surface area contributed by atoms with E-state index in [0.29, 0.717) is 12.5 Å². The average molecular weight is 320 g/mol. The smallest absolute Gasteiger partial charge is 0.193 e. The highest BCUT2D eigenvalue weighted by Crippen LogP contribution is 2.22. The number of benzene rings is 2.